The minimum absolute atomic E-state index is 0.114. The fourth-order valence-electron chi connectivity index (χ4n) is 1.55. The summed E-state index contributed by atoms with van der Waals surface area (Å²) in [6.07, 6.45) is 6.39. The van der Waals surface area contributed by atoms with Crippen LogP contribution in [-0.4, -0.2) is 24.2 Å². The molecule has 0 aromatic carbocycles. The Morgan fingerprint density at radius 3 is 2.87 bits per heavy atom. The van der Waals surface area contributed by atoms with Crippen LogP contribution in [0.15, 0.2) is 0 Å². The van der Waals surface area contributed by atoms with E-state index in [2.05, 4.69) is 15.9 Å². The van der Waals surface area contributed by atoms with Crippen LogP contribution < -0.4 is 0 Å². The molecule has 0 aliphatic carbocycles. The van der Waals surface area contributed by atoms with E-state index < -0.39 is 0 Å². The zero-order chi connectivity index (χ0) is 10.9. The summed E-state index contributed by atoms with van der Waals surface area (Å²) in [7, 11) is 0. The molecular weight excluding hydrogens is 260 g/mol. The Kier molecular flexibility index (Phi) is 7.01. The smallest absolute Gasteiger partial charge is 0.308 e. The Morgan fingerprint density at radius 2 is 2.20 bits per heavy atom. The predicted molar refractivity (Wildman–Crippen MR) is 61.9 cm³/mol. The first-order valence-corrected chi connectivity index (χ1v) is 6.82. The molecule has 0 bridgehead atoms. The van der Waals surface area contributed by atoms with Gasteiger partial charge in [0.05, 0.1) is 6.61 Å². The third-order valence-electron chi connectivity index (χ3n) is 2.42. The van der Waals surface area contributed by atoms with Crippen LogP contribution in [0.25, 0.3) is 0 Å². The SMILES string of the molecule is O=C(CCCCCBr)OC1CCCCO1. The molecule has 0 saturated carbocycles. The van der Waals surface area contributed by atoms with Crippen LogP contribution in [0.5, 0.6) is 0 Å². The molecule has 0 radical (unpaired) electrons. The van der Waals surface area contributed by atoms with Gasteiger partial charge < -0.3 is 9.47 Å². The van der Waals surface area contributed by atoms with Gasteiger partial charge in [0.1, 0.15) is 0 Å². The van der Waals surface area contributed by atoms with E-state index in [1.165, 1.54) is 0 Å². The molecule has 15 heavy (non-hydrogen) atoms. The Morgan fingerprint density at radius 1 is 1.33 bits per heavy atom. The van der Waals surface area contributed by atoms with Gasteiger partial charge in [0, 0.05) is 18.2 Å². The lowest BCUT2D eigenvalue weighted by molar-refractivity contribution is -0.186. The topological polar surface area (TPSA) is 35.5 Å². The molecule has 1 aliphatic rings. The number of rotatable bonds is 6. The molecule has 0 spiro atoms. The maximum absolute atomic E-state index is 11.4. The standard InChI is InChI=1S/C11H19BrO3/c12-8-4-1-2-6-10(13)15-11-7-3-5-9-14-11/h11H,1-9H2. The summed E-state index contributed by atoms with van der Waals surface area (Å²) in [5.41, 5.74) is 0. The first-order chi connectivity index (χ1) is 7.33. The summed E-state index contributed by atoms with van der Waals surface area (Å²) in [5.74, 6) is -0.114. The van der Waals surface area contributed by atoms with Crippen molar-refractivity contribution >= 4 is 21.9 Å². The maximum Gasteiger partial charge on any atom is 0.308 e. The molecule has 1 fully saturated rings. The van der Waals surface area contributed by atoms with Gasteiger partial charge in [-0.25, -0.2) is 0 Å². The van der Waals surface area contributed by atoms with E-state index in [1.54, 1.807) is 0 Å². The van der Waals surface area contributed by atoms with Crippen molar-refractivity contribution in [1.29, 1.82) is 0 Å². The summed E-state index contributed by atoms with van der Waals surface area (Å²) in [6.45, 7) is 0.724. The summed E-state index contributed by atoms with van der Waals surface area (Å²) in [4.78, 5) is 11.4. The fraction of sp³-hybridized carbons (Fsp3) is 0.909. The quantitative estimate of drug-likeness (QED) is 0.426. The number of esters is 1. The molecule has 0 N–H and O–H groups in total. The number of halogens is 1. The van der Waals surface area contributed by atoms with Crippen molar-refractivity contribution < 1.29 is 14.3 Å². The van der Waals surface area contributed by atoms with E-state index in [1.807, 2.05) is 0 Å². The Bertz CT molecular complexity index is 179. The highest BCUT2D eigenvalue weighted by Gasteiger charge is 2.17. The molecule has 0 amide bonds. The number of carbonyl (C=O) groups is 1. The van der Waals surface area contributed by atoms with Crippen LogP contribution in [0.1, 0.15) is 44.9 Å². The second kappa shape index (κ2) is 8.11. The zero-order valence-corrected chi connectivity index (χ0v) is 10.6. The monoisotopic (exact) mass is 278 g/mol. The van der Waals surface area contributed by atoms with E-state index in [0.717, 1.165) is 50.5 Å². The largest absolute Gasteiger partial charge is 0.436 e. The van der Waals surface area contributed by atoms with E-state index >= 15 is 0 Å². The molecule has 0 aromatic heterocycles. The number of alkyl halides is 1. The molecule has 1 rings (SSSR count). The highest BCUT2D eigenvalue weighted by molar-refractivity contribution is 9.09. The van der Waals surface area contributed by atoms with E-state index in [0.29, 0.717) is 6.42 Å². The van der Waals surface area contributed by atoms with Gasteiger partial charge in [0.15, 0.2) is 0 Å². The van der Waals surface area contributed by atoms with Crippen LogP contribution >= 0.6 is 15.9 Å². The first-order valence-electron chi connectivity index (χ1n) is 5.70. The van der Waals surface area contributed by atoms with Crippen molar-refractivity contribution in [1.82, 2.24) is 0 Å². The molecule has 1 heterocycles. The fourth-order valence-corrected chi connectivity index (χ4v) is 1.95. The maximum atomic E-state index is 11.4. The summed E-state index contributed by atoms with van der Waals surface area (Å²) < 4.78 is 10.5. The van der Waals surface area contributed by atoms with Crippen LogP contribution in [0.3, 0.4) is 0 Å². The Hall–Kier alpha value is -0.0900. The van der Waals surface area contributed by atoms with Gasteiger partial charge in [-0.1, -0.05) is 22.4 Å². The highest BCUT2D eigenvalue weighted by atomic mass is 79.9. The number of carbonyl (C=O) groups excluding carboxylic acids is 1. The lowest BCUT2D eigenvalue weighted by atomic mass is 10.2. The minimum atomic E-state index is -0.276. The highest BCUT2D eigenvalue weighted by Crippen LogP contribution is 2.15. The minimum Gasteiger partial charge on any atom is -0.436 e. The van der Waals surface area contributed by atoms with Gasteiger partial charge in [-0.2, -0.15) is 0 Å². The van der Waals surface area contributed by atoms with E-state index in [4.69, 9.17) is 9.47 Å². The van der Waals surface area contributed by atoms with E-state index in [9.17, 15) is 4.79 Å². The van der Waals surface area contributed by atoms with Crippen molar-refractivity contribution in [3.8, 4) is 0 Å². The van der Waals surface area contributed by atoms with Gasteiger partial charge in [-0.3, -0.25) is 4.79 Å². The zero-order valence-electron chi connectivity index (χ0n) is 9.04. The molecule has 3 nitrogen and oxygen atoms in total. The summed E-state index contributed by atoms with van der Waals surface area (Å²) in [6, 6.07) is 0. The van der Waals surface area contributed by atoms with Crippen LogP contribution in [0.4, 0.5) is 0 Å². The molecule has 0 aromatic rings. The third kappa shape index (κ3) is 6.15. The molecule has 1 saturated heterocycles. The molecule has 4 heteroatoms. The lowest BCUT2D eigenvalue weighted by Crippen LogP contribution is -2.25. The van der Waals surface area contributed by atoms with Crippen molar-refractivity contribution in [2.45, 2.75) is 51.2 Å². The molecule has 1 aliphatic heterocycles. The number of ether oxygens (including phenoxy) is 2. The number of hydrogen-bond donors (Lipinski definition) is 0. The normalized spacial score (nSPS) is 21.3. The van der Waals surface area contributed by atoms with Crippen molar-refractivity contribution in [3.05, 3.63) is 0 Å². The Labute approximate surface area is 99.6 Å². The van der Waals surface area contributed by atoms with Crippen molar-refractivity contribution in [3.63, 3.8) is 0 Å². The third-order valence-corrected chi connectivity index (χ3v) is 2.98. The van der Waals surface area contributed by atoms with E-state index in [-0.39, 0.29) is 12.3 Å². The van der Waals surface area contributed by atoms with Gasteiger partial charge in [-0.15, -0.1) is 0 Å². The van der Waals surface area contributed by atoms with Gasteiger partial charge in [-0.05, 0) is 25.7 Å². The van der Waals surface area contributed by atoms with Gasteiger partial charge >= 0.3 is 5.97 Å². The second-order valence-electron chi connectivity index (χ2n) is 3.79. The molecule has 88 valence electrons. The summed E-state index contributed by atoms with van der Waals surface area (Å²) in [5, 5.41) is 1.01. The number of hydrogen-bond acceptors (Lipinski definition) is 3. The van der Waals surface area contributed by atoms with Crippen LogP contribution in [0.2, 0.25) is 0 Å². The van der Waals surface area contributed by atoms with Crippen LogP contribution in [0, 0.1) is 0 Å². The molecular formula is C11H19BrO3. The van der Waals surface area contributed by atoms with Gasteiger partial charge in [0.2, 0.25) is 6.29 Å². The van der Waals surface area contributed by atoms with Gasteiger partial charge in [0.25, 0.3) is 0 Å². The predicted octanol–water partition coefficient (Wildman–Crippen LogP) is 3.01. The number of unbranched alkanes of at least 4 members (excludes halogenated alkanes) is 2. The van der Waals surface area contributed by atoms with Crippen LogP contribution in [-0.2, 0) is 14.3 Å². The second-order valence-corrected chi connectivity index (χ2v) is 4.58. The molecule has 1 unspecified atom stereocenters. The molecule has 1 atom stereocenters. The summed E-state index contributed by atoms with van der Waals surface area (Å²) >= 11 is 3.36. The van der Waals surface area contributed by atoms with Crippen molar-refractivity contribution in [2.24, 2.45) is 0 Å². The lowest BCUT2D eigenvalue weighted by Gasteiger charge is -2.22. The Balaban J connectivity index is 2.01. The van der Waals surface area contributed by atoms with Crippen molar-refractivity contribution in [2.75, 3.05) is 11.9 Å². The average molecular weight is 279 g/mol. The first kappa shape index (κ1) is 13.0. The average Bonchev–Trinajstić information content (AvgIpc) is 2.26.